The number of rotatable bonds is 11. The third-order valence-electron chi connectivity index (χ3n) is 8.10. The number of halogens is 4. The molecule has 248 valence electrons. The van der Waals surface area contributed by atoms with Crippen LogP contribution in [-0.2, 0) is 21.5 Å². The van der Waals surface area contributed by atoms with Gasteiger partial charge in [-0.15, -0.1) is 0 Å². The zero-order valence-corrected chi connectivity index (χ0v) is 28.0. The molecule has 0 spiro atoms. The predicted molar refractivity (Wildman–Crippen MR) is 174 cm³/mol. The topological polar surface area (TPSA) is 138 Å². The Kier molecular flexibility index (Phi) is 10.8. The highest BCUT2D eigenvalue weighted by Crippen LogP contribution is 2.52. The number of ether oxygens (including phenoxy) is 1. The van der Waals surface area contributed by atoms with Crippen LogP contribution in [0.2, 0.25) is 10.0 Å². The fraction of sp³-hybridized carbons (Fsp3) is 0.485. The number of carbonyl (C=O) groups is 1. The maximum Gasteiger partial charge on any atom is 0.243 e. The lowest BCUT2D eigenvalue weighted by Crippen LogP contribution is -2.45. The van der Waals surface area contributed by atoms with E-state index in [1.165, 1.54) is 30.3 Å². The summed E-state index contributed by atoms with van der Waals surface area (Å²) < 4.78 is 39.0. The van der Waals surface area contributed by atoms with E-state index >= 15 is 8.78 Å². The molecule has 0 radical (unpaired) electrons. The number of carbonyl (C=O) groups excluding carboxylic acids is 1. The number of anilines is 1. The van der Waals surface area contributed by atoms with Gasteiger partial charge in [0.25, 0.3) is 0 Å². The molecule has 9 nitrogen and oxygen atoms in total. The molecule has 5 atom stereocenters. The molecule has 1 aromatic heterocycles. The van der Waals surface area contributed by atoms with Crippen LogP contribution >= 0.6 is 23.2 Å². The second kappa shape index (κ2) is 13.9. The van der Waals surface area contributed by atoms with Crippen molar-refractivity contribution in [2.75, 3.05) is 18.5 Å². The van der Waals surface area contributed by atoms with Crippen molar-refractivity contribution in [3.8, 4) is 6.07 Å². The maximum absolute atomic E-state index is 15.9. The van der Waals surface area contributed by atoms with Gasteiger partial charge in [-0.1, -0.05) is 62.2 Å². The Labute approximate surface area is 278 Å². The van der Waals surface area contributed by atoms with Gasteiger partial charge in [0.15, 0.2) is 5.82 Å². The van der Waals surface area contributed by atoms with Gasteiger partial charge in [-0.2, -0.15) is 10.4 Å². The molecule has 0 saturated carbocycles. The van der Waals surface area contributed by atoms with Crippen molar-refractivity contribution in [1.29, 1.82) is 5.26 Å². The van der Waals surface area contributed by atoms with Gasteiger partial charge < -0.3 is 26.2 Å². The van der Waals surface area contributed by atoms with E-state index in [-0.39, 0.29) is 45.6 Å². The van der Waals surface area contributed by atoms with E-state index in [0.29, 0.717) is 13.0 Å². The van der Waals surface area contributed by atoms with Gasteiger partial charge in [-0.25, -0.2) is 8.78 Å². The second-order valence-corrected chi connectivity index (χ2v) is 14.4. The average molecular weight is 678 g/mol. The maximum atomic E-state index is 15.9. The van der Waals surface area contributed by atoms with Gasteiger partial charge in [0.2, 0.25) is 5.91 Å². The van der Waals surface area contributed by atoms with E-state index in [2.05, 4.69) is 21.8 Å². The van der Waals surface area contributed by atoms with Crippen molar-refractivity contribution < 1.29 is 23.4 Å². The van der Waals surface area contributed by atoms with Crippen LogP contribution in [0.15, 0.2) is 48.7 Å². The third kappa shape index (κ3) is 7.71. The highest BCUT2D eigenvalue weighted by Gasteiger charge is 2.61. The number of benzene rings is 2. The summed E-state index contributed by atoms with van der Waals surface area (Å²) in [7, 11) is 0. The number of hydrogen-bond acceptors (Lipinski definition) is 7. The van der Waals surface area contributed by atoms with Crippen LogP contribution in [0.5, 0.6) is 0 Å². The predicted octanol–water partition coefficient (Wildman–Crippen LogP) is 5.54. The first-order valence-corrected chi connectivity index (χ1v) is 15.7. The Morgan fingerprint density at radius 3 is 2.59 bits per heavy atom. The molecule has 3 aromatic rings. The summed E-state index contributed by atoms with van der Waals surface area (Å²) in [5, 5.41) is 31.2. The number of aromatic nitrogens is 2. The normalized spacial score (nSPS) is 22.4. The highest BCUT2D eigenvalue weighted by molar-refractivity contribution is 6.31. The van der Waals surface area contributed by atoms with Crippen LogP contribution in [0.3, 0.4) is 0 Å². The smallest absolute Gasteiger partial charge is 0.243 e. The standard InChI is InChI=1S/C33H40Cl2F2N6O3/c1-31(2,3)14-25-33(17-39,22-10-9-19(34)13-24(22)36)27(21-7-6-8-23(35)28(21)37)29(40-25)30(45)41-26-11-12-43(42-26)18-32(4,5)46-16-20(44)15-38/h6-13,20,25,27,29,40,44H,14-16,18,38H2,1-5H3,(H,41,42,45)/t20-,25?,27?,29?,33?/m1/s1. The van der Waals surface area contributed by atoms with Crippen molar-refractivity contribution in [1.82, 2.24) is 15.1 Å². The van der Waals surface area contributed by atoms with Gasteiger partial charge in [0.1, 0.15) is 17.0 Å². The first-order chi connectivity index (χ1) is 21.5. The highest BCUT2D eigenvalue weighted by atomic mass is 35.5. The number of aliphatic hydroxyl groups excluding tert-OH is 1. The minimum absolute atomic E-state index is 0.00319. The van der Waals surface area contributed by atoms with Crippen LogP contribution in [0, 0.1) is 28.4 Å². The molecule has 13 heteroatoms. The average Bonchev–Trinajstić information content (AvgIpc) is 3.53. The number of amides is 1. The zero-order chi connectivity index (χ0) is 34.0. The molecule has 2 aromatic carbocycles. The van der Waals surface area contributed by atoms with Gasteiger partial charge in [-0.3, -0.25) is 9.48 Å². The van der Waals surface area contributed by atoms with E-state index in [9.17, 15) is 15.2 Å². The van der Waals surface area contributed by atoms with Gasteiger partial charge >= 0.3 is 0 Å². The molecule has 46 heavy (non-hydrogen) atoms. The largest absolute Gasteiger partial charge is 0.389 e. The molecular formula is C33H40Cl2F2N6O3. The molecule has 5 N–H and O–H groups in total. The lowest BCUT2D eigenvalue weighted by atomic mass is 9.62. The van der Waals surface area contributed by atoms with Crippen molar-refractivity contribution in [2.24, 2.45) is 11.1 Å². The number of nitrogens with one attached hydrogen (secondary N) is 2. The van der Waals surface area contributed by atoms with Crippen molar-refractivity contribution >= 4 is 34.9 Å². The first-order valence-electron chi connectivity index (χ1n) is 14.9. The minimum Gasteiger partial charge on any atom is -0.389 e. The Balaban J connectivity index is 1.76. The number of nitrogens with two attached hydrogens (primary N) is 1. The number of nitriles is 1. The second-order valence-electron chi connectivity index (χ2n) is 13.5. The van der Waals surface area contributed by atoms with Gasteiger partial charge in [0.05, 0.1) is 42.0 Å². The number of aliphatic hydroxyl groups is 1. The van der Waals surface area contributed by atoms with E-state index < -0.39 is 52.7 Å². The van der Waals surface area contributed by atoms with Crippen molar-refractivity contribution in [3.05, 3.63) is 81.5 Å². The van der Waals surface area contributed by atoms with Crippen molar-refractivity contribution in [3.63, 3.8) is 0 Å². The summed E-state index contributed by atoms with van der Waals surface area (Å²) in [6, 6.07) is 10.3. The fourth-order valence-electron chi connectivity index (χ4n) is 6.10. The molecule has 1 amide bonds. The summed E-state index contributed by atoms with van der Waals surface area (Å²) >= 11 is 12.3. The molecule has 4 unspecified atom stereocenters. The molecule has 4 rings (SSSR count). The van der Waals surface area contributed by atoms with Crippen LogP contribution in [-0.4, -0.2) is 57.7 Å². The summed E-state index contributed by atoms with van der Waals surface area (Å²) in [4.78, 5) is 14.1. The molecule has 1 aliphatic rings. The molecule has 0 bridgehead atoms. The minimum atomic E-state index is -1.75. The number of hydrogen-bond donors (Lipinski definition) is 4. The van der Waals surface area contributed by atoms with Crippen LogP contribution in [0.1, 0.15) is 58.1 Å². The molecule has 1 saturated heterocycles. The van der Waals surface area contributed by atoms with Crippen molar-refractivity contribution in [2.45, 2.75) is 82.7 Å². The van der Waals surface area contributed by atoms with E-state index in [1.54, 1.807) is 16.9 Å². The van der Waals surface area contributed by atoms with E-state index in [1.807, 2.05) is 34.6 Å². The Morgan fingerprint density at radius 1 is 1.24 bits per heavy atom. The molecule has 1 fully saturated rings. The van der Waals surface area contributed by atoms with Gasteiger partial charge in [-0.05, 0) is 49.4 Å². The monoisotopic (exact) mass is 676 g/mol. The molecule has 2 heterocycles. The van der Waals surface area contributed by atoms with Crippen LogP contribution < -0.4 is 16.4 Å². The first kappa shape index (κ1) is 35.7. The lowest BCUT2D eigenvalue weighted by Gasteiger charge is -2.37. The fourth-order valence-corrected chi connectivity index (χ4v) is 6.44. The van der Waals surface area contributed by atoms with E-state index in [4.69, 9.17) is 33.7 Å². The Morgan fingerprint density at radius 2 is 1.96 bits per heavy atom. The summed E-state index contributed by atoms with van der Waals surface area (Å²) in [5.41, 5.74) is 2.61. The SMILES string of the molecule is CC(C)(C)CC1NC(C(=O)Nc2ccn(CC(C)(C)OC[C@H](O)CN)n2)C(c2cccc(Cl)c2F)C1(C#N)c1ccc(Cl)cc1F. The molecule has 0 aliphatic carbocycles. The summed E-state index contributed by atoms with van der Waals surface area (Å²) in [6.45, 7) is 9.96. The molecule has 1 aliphatic heterocycles. The van der Waals surface area contributed by atoms with Crippen LogP contribution in [0.4, 0.5) is 14.6 Å². The third-order valence-corrected chi connectivity index (χ3v) is 8.63. The summed E-state index contributed by atoms with van der Waals surface area (Å²) in [6.07, 6.45) is 1.20. The Bertz CT molecular complexity index is 1600. The lowest BCUT2D eigenvalue weighted by molar-refractivity contribution is -0.118. The van der Waals surface area contributed by atoms with Crippen LogP contribution in [0.25, 0.3) is 0 Å². The summed E-state index contributed by atoms with van der Waals surface area (Å²) in [5.74, 6) is -3.14. The molecular weight excluding hydrogens is 637 g/mol. The zero-order valence-electron chi connectivity index (χ0n) is 26.5. The Hall–Kier alpha value is -3.11. The van der Waals surface area contributed by atoms with Gasteiger partial charge in [0, 0.05) is 41.4 Å². The quantitative estimate of drug-likeness (QED) is 0.209. The van der Waals surface area contributed by atoms with E-state index in [0.717, 1.165) is 6.07 Å². The number of nitrogens with zero attached hydrogens (tertiary/aromatic N) is 3.